The Hall–Kier alpha value is -0.650. The number of nitrogens with zero attached hydrogens (tertiary/aromatic N) is 1. The van der Waals surface area contributed by atoms with Crippen LogP contribution in [-0.2, 0) is 4.79 Å². The molecule has 1 unspecified atom stereocenters. The van der Waals surface area contributed by atoms with E-state index in [0.29, 0.717) is 6.54 Å². The highest BCUT2D eigenvalue weighted by Crippen LogP contribution is 2.00. The lowest BCUT2D eigenvalue weighted by Gasteiger charge is -2.17. The molecule has 108 valence electrons. The molecule has 0 saturated carbocycles. The molecule has 5 heteroatoms. The van der Waals surface area contributed by atoms with Crippen molar-refractivity contribution in [3.63, 3.8) is 0 Å². The van der Waals surface area contributed by atoms with Gasteiger partial charge >= 0.3 is 0 Å². The predicted molar refractivity (Wildman–Crippen MR) is 76.3 cm³/mol. The van der Waals surface area contributed by atoms with E-state index >= 15 is 0 Å². The van der Waals surface area contributed by atoms with Crippen LogP contribution in [-0.4, -0.2) is 50.1 Å². The third-order valence-electron chi connectivity index (χ3n) is 2.99. The van der Waals surface area contributed by atoms with Gasteiger partial charge in [0, 0.05) is 6.54 Å². The molecule has 0 aliphatic rings. The molecule has 18 heavy (non-hydrogen) atoms. The third-order valence-corrected chi connectivity index (χ3v) is 2.99. The van der Waals surface area contributed by atoms with Gasteiger partial charge in [0.05, 0.1) is 6.04 Å². The second kappa shape index (κ2) is 11.4. The zero-order valence-corrected chi connectivity index (χ0v) is 12.0. The standard InChI is InChI=1S/C13H30N4O/c1-3-16-13(18)12(15)8-7-11-17(2)10-6-4-5-9-14/h12H,3-11,14-15H2,1-2H3,(H,16,18). The van der Waals surface area contributed by atoms with E-state index in [-0.39, 0.29) is 11.9 Å². The molecule has 0 aliphatic carbocycles. The van der Waals surface area contributed by atoms with Gasteiger partial charge in [-0.2, -0.15) is 0 Å². The normalized spacial score (nSPS) is 12.7. The van der Waals surface area contributed by atoms with Crippen LogP contribution in [0, 0.1) is 0 Å². The summed E-state index contributed by atoms with van der Waals surface area (Å²) in [6.45, 7) is 5.42. The third kappa shape index (κ3) is 9.39. The first-order valence-corrected chi connectivity index (χ1v) is 7.03. The molecule has 0 aliphatic heterocycles. The van der Waals surface area contributed by atoms with Crippen LogP contribution >= 0.6 is 0 Å². The number of carbonyl (C=O) groups is 1. The van der Waals surface area contributed by atoms with E-state index in [1.54, 1.807) is 0 Å². The highest BCUT2D eigenvalue weighted by Gasteiger charge is 2.11. The SMILES string of the molecule is CCNC(=O)C(N)CCCN(C)CCCCCN. The average Bonchev–Trinajstić information content (AvgIpc) is 2.35. The molecule has 0 rings (SSSR count). The van der Waals surface area contributed by atoms with E-state index in [9.17, 15) is 4.79 Å². The number of carbonyl (C=O) groups excluding carboxylic acids is 1. The number of likely N-dealkylation sites (N-methyl/N-ethyl adjacent to an activating group) is 1. The van der Waals surface area contributed by atoms with Crippen LogP contribution in [0.1, 0.15) is 39.0 Å². The number of amides is 1. The Morgan fingerprint density at radius 3 is 2.50 bits per heavy atom. The van der Waals surface area contributed by atoms with Gasteiger partial charge in [-0.05, 0) is 59.3 Å². The van der Waals surface area contributed by atoms with E-state index in [4.69, 9.17) is 11.5 Å². The van der Waals surface area contributed by atoms with Crippen LogP contribution in [0.4, 0.5) is 0 Å². The van der Waals surface area contributed by atoms with Crippen molar-refractivity contribution in [2.75, 3.05) is 33.2 Å². The number of nitrogens with two attached hydrogens (primary N) is 2. The molecular formula is C13H30N4O. The molecule has 0 fully saturated rings. The number of unbranched alkanes of at least 4 members (excludes halogenated alkanes) is 2. The minimum Gasteiger partial charge on any atom is -0.355 e. The molecule has 0 radical (unpaired) electrons. The Labute approximate surface area is 111 Å². The molecule has 0 spiro atoms. The highest BCUT2D eigenvalue weighted by molar-refractivity contribution is 5.81. The fraction of sp³-hybridized carbons (Fsp3) is 0.923. The Morgan fingerprint density at radius 2 is 1.89 bits per heavy atom. The second-order valence-electron chi connectivity index (χ2n) is 4.80. The molecule has 0 aromatic rings. The van der Waals surface area contributed by atoms with E-state index in [2.05, 4.69) is 17.3 Å². The number of hydrogen-bond donors (Lipinski definition) is 3. The molecule has 1 atom stereocenters. The molecule has 0 bridgehead atoms. The number of nitrogens with one attached hydrogen (secondary N) is 1. The largest absolute Gasteiger partial charge is 0.355 e. The van der Waals surface area contributed by atoms with Gasteiger partial charge in [-0.1, -0.05) is 6.42 Å². The molecule has 1 amide bonds. The van der Waals surface area contributed by atoms with Crippen LogP contribution in [0.3, 0.4) is 0 Å². The number of hydrogen-bond acceptors (Lipinski definition) is 4. The smallest absolute Gasteiger partial charge is 0.236 e. The van der Waals surface area contributed by atoms with Gasteiger partial charge in [0.2, 0.25) is 5.91 Å². The van der Waals surface area contributed by atoms with E-state index in [1.165, 1.54) is 12.8 Å². The molecule has 5 N–H and O–H groups in total. The summed E-state index contributed by atoms with van der Waals surface area (Å²) in [6.07, 6.45) is 5.20. The summed E-state index contributed by atoms with van der Waals surface area (Å²) >= 11 is 0. The van der Waals surface area contributed by atoms with Gasteiger partial charge in [0.1, 0.15) is 0 Å². The monoisotopic (exact) mass is 258 g/mol. The molecule has 0 aromatic heterocycles. The topological polar surface area (TPSA) is 84.4 Å². The zero-order chi connectivity index (χ0) is 13.8. The minimum atomic E-state index is -0.365. The van der Waals surface area contributed by atoms with E-state index < -0.39 is 0 Å². The van der Waals surface area contributed by atoms with Gasteiger partial charge in [-0.3, -0.25) is 4.79 Å². The lowest BCUT2D eigenvalue weighted by Crippen LogP contribution is -2.40. The number of rotatable bonds is 11. The second-order valence-corrected chi connectivity index (χ2v) is 4.80. The Morgan fingerprint density at radius 1 is 1.22 bits per heavy atom. The van der Waals surface area contributed by atoms with Crippen molar-refractivity contribution in [3.05, 3.63) is 0 Å². The van der Waals surface area contributed by atoms with Crippen molar-refractivity contribution in [3.8, 4) is 0 Å². The first-order chi connectivity index (χ1) is 8.61. The summed E-state index contributed by atoms with van der Waals surface area (Å²) in [6, 6.07) is -0.365. The van der Waals surface area contributed by atoms with Gasteiger partial charge < -0.3 is 21.7 Å². The molecule has 0 aromatic carbocycles. The minimum absolute atomic E-state index is 0.0388. The molecule has 0 saturated heterocycles. The van der Waals surface area contributed by atoms with Crippen molar-refractivity contribution in [1.29, 1.82) is 0 Å². The van der Waals surface area contributed by atoms with Gasteiger partial charge in [0.15, 0.2) is 0 Å². The molecular weight excluding hydrogens is 228 g/mol. The summed E-state index contributed by atoms with van der Waals surface area (Å²) in [7, 11) is 2.11. The van der Waals surface area contributed by atoms with Gasteiger partial charge in [0.25, 0.3) is 0 Å². The van der Waals surface area contributed by atoms with Crippen molar-refractivity contribution in [2.45, 2.75) is 45.1 Å². The first kappa shape index (κ1) is 17.4. The van der Waals surface area contributed by atoms with Gasteiger partial charge in [-0.15, -0.1) is 0 Å². The maximum absolute atomic E-state index is 11.4. The van der Waals surface area contributed by atoms with Crippen molar-refractivity contribution in [2.24, 2.45) is 11.5 Å². The fourth-order valence-corrected chi connectivity index (χ4v) is 1.83. The summed E-state index contributed by atoms with van der Waals surface area (Å²) < 4.78 is 0. The maximum Gasteiger partial charge on any atom is 0.236 e. The van der Waals surface area contributed by atoms with E-state index in [1.807, 2.05) is 6.92 Å². The Kier molecular flexibility index (Phi) is 11.0. The van der Waals surface area contributed by atoms with Crippen LogP contribution in [0.25, 0.3) is 0 Å². The lowest BCUT2D eigenvalue weighted by atomic mass is 10.1. The Balaban J connectivity index is 3.49. The van der Waals surface area contributed by atoms with Crippen LogP contribution in [0.2, 0.25) is 0 Å². The van der Waals surface area contributed by atoms with E-state index in [0.717, 1.165) is 38.9 Å². The maximum atomic E-state index is 11.4. The quantitative estimate of drug-likeness (QED) is 0.465. The molecule has 5 nitrogen and oxygen atoms in total. The summed E-state index contributed by atoms with van der Waals surface area (Å²) in [5, 5.41) is 2.74. The van der Waals surface area contributed by atoms with Crippen molar-refractivity contribution < 1.29 is 4.79 Å². The first-order valence-electron chi connectivity index (χ1n) is 7.03. The van der Waals surface area contributed by atoms with Gasteiger partial charge in [-0.25, -0.2) is 0 Å². The summed E-state index contributed by atoms with van der Waals surface area (Å²) in [4.78, 5) is 13.7. The Bertz CT molecular complexity index is 211. The summed E-state index contributed by atoms with van der Waals surface area (Å²) in [5.41, 5.74) is 11.2. The molecule has 0 heterocycles. The van der Waals surface area contributed by atoms with Crippen molar-refractivity contribution in [1.82, 2.24) is 10.2 Å². The van der Waals surface area contributed by atoms with Crippen molar-refractivity contribution >= 4 is 5.91 Å². The fourth-order valence-electron chi connectivity index (χ4n) is 1.83. The highest BCUT2D eigenvalue weighted by atomic mass is 16.2. The predicted octanol–water partition coefficient (Wildman–Crippen LogP) is 0.291. The lowest BCUT2D eigenvalue weighted by molar-refractivity contribution is -0.122. The summed E-state index contributed by atoms with van der Waals surface area (Å²) in [5.74, 6) is -0.0388. The zero-order valence-electron chi connectivity index (χ0n) is 12.0. The average molecular weight is 258 g/mol. The van der Waals surface area contributed by atoms with Crippen LogP contribution < -0.4 is 16.8 Å². The van der Waals surface area contributed by atoms with Crippen LogP contribution in [0.5, 0.6) is 0 Å². The van der Waals surface area contributed by atoms with Crippen LogP contribution in [0.15, 0.2) is 0 Å².